The number of para-hydroxylation sites is 1. The van der Waals surface area contributed by atoms with E-state index in [4.69, 9.17) is 24.4 Å². The highest BCUT2D eigenvalue weighted by Crippen LogP contribution is 2.34. The maximum absolute atomic E-state index is 11.8. The van der Waals surface area contributed by atoms with Gasteiger partial charge in [0.2, 0.25) is 0 Å². The molecule has 4 rings (SSSR count). The summed E-state index contributed by atoms with van der Waals surface area (Å²) in [4.78, 5) is 11.8. The van der Waals surface area contributed by atoms with Crippen LogP contribution in [0.2, 0.25) is 0 Å². The second-order valence-electron chi connectivity index (χ2n) is 7.76. The van der Waals surface area contributed by atoms with Gasteiger partial charge in [-0.3, -0.25) is 4.79 Å². The van der Waals surface area contributed by atoms with Gasteiger partial charge in [0.05, 0.1) is 13.5 Å². The zero-order chi connectivity index (χ0) is 23.2. The fourth-order valence-electron chi connectivity index (χ4n) is 3.82. The minimum atomic E-state index is -0.307. The zero-order valence-electron chi connectivity index (χ0n) is 18.8. The van der Waals surface area contributed by atoms with Gasteiger partial charge in [-0.05, 0) is 47.0 Å². The molecule has 0 unspecified atom stereocenters. The van der Waals surface area contributed by atoms with E-state index in [1.165, 1.54) is 7.11 Å². The van der Waals surface area contributed by atoms with Crippen molar-refractivity contribution in [1.82, 2.24) is 0 Å². The van der Waals surface area contributed by atoms with Crippen LogP contribution in [-0.4, -0.2) is 20.2 Å². The van der Waals surface area contributed by atoms with Gasteiger partial charge in [0, 0.05) is 30.2 Å². The van der Waals surface area contributed by atoms with Crippen LogP contribution >= 0.6 is 0 Å². The molecule has 33 heavy (non-hydrogen) atoms. The Balaban J connectivity index is 1.69. The van der Waals surface area contributed by atoms with Crippen LogP contribution in [0.3, 0.4) is 0 Å². The van der Waals surface area contributed by atoms with Crippen LogP contribution in [0.15, 0.2) is 71.1 Å². The number of hydrogen-bond donors (Lipinski definition) is 1. The molecule has 1 heterocycles. The molecule has 0 bridgehead atoms. The topological polar surface area (TPSA) is 83.9 Å². The Bertz CT molecular complexity index is 1260. The van der Waals surface area contributed by atoms with E-state index in [9.17, 15) is 4.79 Å². The summed E-state index contributed by atoms with van der Waals surface area (Å²) >= 11 is 0. The smallest absolute Gasteiger partial charge is 0.310 e. The quantitative estimate of drug-likeness (QED) is 0.365. The van der Waals surface area contributed by atoms with Crippen LogP contribution in [0, 0.1) is 0 Å². The van der Waals surface area contributed by atoms with E-state index in [0.29, 0.717) is 25.5 Å². The number of hydrogen-bond acceptors (Lipinski definition) is 6. The number of carbonyl (C=O) groups excluding carboxylic acids is 1. The van der Waals surface area contributed by atoms with Gasteiger partial charge < -0.3 is 24.4 Å². The highest BCUT2D eigenvalue weighted by molar-refractivity contribution is 5.93. The monoisotopic (exact) mass is 445 g/mol. The third-order valence-corrected chi connectivity index (χ3v) is 5.42. The largest absolute Gasteiger partial charge is 0.489 e. The number of fused-ring (bicyclic) bond motifs is 1. The fourth-order valence-corrected chi connectivity index (χ4v) is 3.82. The van der Waals surface area contributed by atoms with Gasteiger partial charge in [-0.2, -0.15) is 0 Å². The number of methoxy groups -OCH3 is 2. The Hall–Kier alpha value is -3.61. The van der Waals surface area contributed by atoms with E-state index in [1.54, 1.807) is 7.11 Å². The highest BCUT2D eigenvalue weighted by atomic mass is 16.5. The molecule has 0 aliphatic heterocycles. The van der Waals surface area contributed by atoms with Crippen molar-refractivity contribution in [2.75, 3.05) is 14.2 Å². The Morgan fingerprint density at radius 3 is 2.58 bits per heavy atom. The molecule has 3 aromatic carbocycles. The average Bonchev–Trinajstić information content (AvgIpc) is 3.25. The number of carbonyl (C=O) groups is 1. The van der Waals surface area contributed by atoms with Gasteiger partial charge in [0.15, 0.2) is 0 Å². The number of rotatable bonds is 9. The lowest BCUT2D eigenvalue weighted by Crippen LogP contribution is -2.06. The van der Waals surface area contributed by atoms with Crippen LogP contribution in [0.5, 0.6) is 5.75 Å². The van der Waals surface area contributed by atoms with E-state index in [-0.39, 0.29) is 12.4 Å². The Morgan fingerprint density at radius 1 is 0.939 bits per heavy atom. The molecule has 0 radical (unpaired) electrons. The van der Waals surface area contributed by atoms with Crippen molar-refractivity contribution >= 4 is 16.9 Å². The van der Waals surface area contributed by atoms with Crippen LogP contribution in [0.1, 0.15) is 22.5 Å². The summed E-state index contributed by atoms with van der Waals surface area (Å²) in [5.74, 6) is 1.10. The summed E-state index contributed by atoms with van der Waals surface area (Å²) in [5.41, 5.74) is 11.5. The zero-order valence-corrected chi connectivity index (χ0v) is 18.8. The van der Waals surface area contributed by atoms with Gasteiger partial charge in [-0.15, -0.1) is 0 Å². The first-order valence-corrected chi connectivity index (χ1v) is 10.7. The first kappa shape index (κ1) is 22.6. The van der Waals surface area contributed by atoms with E-state index in [1.807, 2.05) is 48.5 Å². The molecule has 170 valence electrons. The maximum atomic E-state index is 11.8. The van der Waals surface area contributed by atoms with Crippen LogP contribution in [0.4, 0.5) is 0 Å². The normalized spacial score (nSPS) is 11.0. The maximum Gasteiger partial charge on any atom is 0.310 e. The molecule has 0 fully saturated rings. The Labute approximate surface area is 192 Å². The molecular weight excluding hydrogens is 418 g/mol. The van der Waals surface area contributed by atoms with E-state index < -0.39 is 0 Å². The van der Waals surface area contributed by atoms with Crippen molar-refractivity contribution in [2.45, 2.75) is 26.2 Å². The van der Waals surface area contributed by atoms with E-state index in [2.05, 4.69) is 18.2 Å². The Kier molecular flexibility index (Phi) is 7.07. The average molecular weight is 446 g/mol. The molecule has 0 aliphatic carbocycles. The second-order valence-corrected chi connectivity index (χ2v) is 7.76. The SMILES string of the molecule is COCc1cc2cc(COc3ccccc3CC(=O)OC)cc(-c3cccc(CN)c3)c2o1. The molecule has 0 spiro atoms. The summed E-state index contributed by atoms with van der Waals surface area (Å²) in [6, 6.07) is 21.7. The highest BCUT2D eigenvalue weighted by Gasteiger charge is 2.14. The lowest BCUT2D eigenvalue weighted by Gasteiger charge is -2.12. The molecule has 0 amide bonds. The van der Waals surface area contributed by atoms with Gasteiger partial charge in [-0.1, -0.05) is 36.4 Å². The van der Waals surface area contributed by atoms with Gasteiger partial charge in [0.25, 0.3) is 0 Å². The number of esters is 1. The minimum absolute atomic E-state index is 0.158. The summed E-state index contributed by atoms with van der Waals surface area (Å²) in [6.07, 6.45) is 0.158. The predicted octanol–water partition coefficient (Wildman–Crippen LogP) is 5.00. The molecular formula is C27H27NO5. The van der Waals surface area contributed by atoms with Crippen LogP contribution < -0.4 is 10.5 Å². The van der Waals surface area contributed by atoms with E-state index >= 15 is 0 Å². The third-order valence-electron chi connectivity index (χ3n) is 5.42. The first-order chi connectivity index (χ1) is 16.1. The van der Waals surface area contributed by atoms with Crippen molar-refractivity contribution in [2.24, 2.45) is 5.73 Å². The number of ether oxygens (including phenoxy) is 3. The van der Waals surface area contributed by atoms with E-state index in [0.717, 1.165) is 44.5 Å². The molecule has 0 saturated heterocycles. The van der Waals surface area contributed by atoms with Crippen LogP contribution in [-0.2, 0) is 40.4 Å². The molecule has 0 aliphatic rings. The second kappa shape index (κ2) is 10.3. The van der Waals surface area contributed by atoms with Crippen molar-refractivity contribution in [1.29, 1.82) is 0 Å². The third kappa shape index (κ3) is 5.25. The van der Waals surface area contributed by atoms with Gasteiger partial charge in [0.1, 0.15) is 30.3 Å². The van der Waals surface area contributed by atoms with Crippen LogP contribution in [0.25, 0.3) is 22.1 Å². The van der Waals surface area contributed by atoms with Gasteiger partial charge in [-0.25, -0.2) is 0 Å². The molecule has 0 atom stereocenters. The minimum Gasteiger partial charge on any atom is -0.489 e. The summed E-state index contributed by atoms with van der Waals surface area (Å²) in [5, 5.41) is 0.971. The molecule has 2 N–H and O–H groups in total. The number of furan rings is 1. The Morgan fingerprint density at radius 2 is 1.79 bits per heavy atom. The van der Waals surface area contributed by atoms with Crippen molar-refractivity contribution in [3.63, 3.8) is 0 Å². The predicted molar refractivity (Wildman–Crippen MR) is 127 cm³/mol. The van der Waals surface area contributed by atoms with Crippen molar-refractivity contribution in [3.05, 3.63) is 89.2 Å². The lowest BCUT2D eigenvalue weighted by molar-refractivity contribution is -0.139. The first-order valence-electron chi connectivity index (χ1n) is 10.7. The number of nitrogens with two attached hydrogens (primary N) is 1. The molecule has 6 nitrogen and oxygen atoms in total. The standard InChI is InChI=1S/C27H27NO5/c1-30-17-23-13-22-11-19(16-32-25-9-4-3-7-21(25)14-26(29)31-2)12-24(27(22)33-23)20-8-5-6-18(10-20)15-28/h3-13H,14-17,28H2,1-2H3. The summed E-state index contributed by atoms with van der Waals surface area (Å²) in [6.45, 7) is 1.19. The summed E-state index contributed by atoms with van der Waals surface area (Å²) in [7, 11) is 3.02. The summed E-state index contributed by atoms with van der Waals surface area (Å²) < 4.78 is 22.3. The number of benzene rings is 3. The lowest BCUT2D eigenvalue weighted by atomic mass is 9.99. The molecule has 1 aromatic heterocycles. The molecule has 0 saturated carbocycles. The van der Waals surface area contributed by atoms with Gasteiger partial charge >= 0.3 is 5.97 Å². The fraction of sp³-hybridized carbons (Fsp3) is 0.222. The molecule has 6 heteroatoms. The molecule has 4 aromatic rings. The van der Waals surface area contributed by atoms with Crippen molar-refractivity contribution in [3.8, 4) is 16.9 Å². The van der Waals surface area contributed by atoms with Crippen molar-refractivity contribution < 1.29 is 23.4 Å².